The van der Waals surface area contributed by atoms with Crippen molar-refractivity contribution in [1.82, 2.24) is 15.5 Å². The number of nitrogens with zero attached hydrogens (tertiary/aromatic N) is 1. The number of nitrogens with one attached hydrogen (secondary N) is 2. The van der Waals surface area contributed by atoms with Crippen LogP contribution in [0.25, 0.3) is 0 Å². The molecule has 2 aromatic rings. The Morgan fingerprint density at radius 1 is 1.20 bits per heavy atom. The highest BCUT2D eigenvalue weighted by molar-refractivity contribution is 7.89. The molecular weight excluding hydrogens is 276 g/mol. The summed E-state index contributed by atoms with van der Waals surface area (Å²) in [7, 11) is -3.62. The maximum absolute atomic E-state index is 11.1. The molecule has 0 fully saturated rings. The van der Waals surface area contributed by atoms with Crippen molar-refractivity contribution in [3.8, 4) is 0 Å². The van der Waals surface area contributed by atoms with Gasteiger partial charge < -0.3 is 5.32 Å². The number of aryl methyl sites for hydroxylation is 2. The van der Waals surface area contributed by atoms with Gasteiger partial charge in [-0.05, 0) is 31.5 Å². The summed E-state index contributed by atoms with van der Waals surface area (Å²) >= 11 is 0. The van der Waals surface area contributed by atoms with Gasteiger partial charge in [0.2, 0.25) is 10.0 Å². The highest BCUT2D eigenvalue weighted by atomic mass is 32.2. The molecule has 1 aromatic carbocycles. The van der Waals surface area contributed by atoms with Crippen LogP contribution in [0, 0.1) is 13.8 Å². The number of hydrogen-bond acceptors (Lipinski definition) is 4. The van der Waals surface area contributed by atoms with Gasteiger partial charge in [-0.1, -0.05) is 12.1 Å². The van der Waals surface area contributed by atoms with Gasteiger partial charge in [-0.25, -0.2) is 13.6 Å². The second-order valence-electron chi connectivity index (χ2n) is 4.71. The van der Waals surface area contributed by atoms with Crippen LogP contribution in [0.15, 0.2) is 29.2 Å². The Labute approximate surface area is 118 Å². The van der Waals surface area contributed by atoms with E-state index in [2.05, 4.69) is 15.5 Å². The van der Waals surface area contributed by atoms with Gasteiger partial charge in [-0.3, -0.25) is 5.10 Å². The summed E-state index contributed by atoms with van der Waals surface area (Å²) in [4.78, 5) is 0.128. The summed E-state index contributed by atoms with van der Waals surface area (Å²) in [5, 5.41) is 15.4. The molecule has 0 radical (unpaired) electrons. The topological polar surface area (TPSA) is 101 Å². The van der Waals surface area contributed by atoms with Crippen LogP contribution in [0.5, 0.6) is 0 Å². The molecule has 2 rings (SSSR count). The van der Waals surface area contributed by atoms with E-state index in [9.17, 15) is 8.42 Å². The minimum Gasteiger partial charge on any atom is -0.308 e. The van der Waals surface area contributed by atoms with Crippen molar-refractivity contribution in [2.24, 2.45) is 5.14 Å². The van der Waals surface area contributed by atoms with E-state index in [1.807, 2.05) is 13.8 Å². The Hall–Kier alpha value is -1.70. The molecule has 4 N–H and O–H groups in total. The van der Waals surface area contributed by atoms with Crippen LogP contribution in [0.2, 0.25) is 0 Å². The van der Waals surface area contributed by atoms with Crippen molar-refractivity contribution in [3.05, 3.63) is 46.8 Å². The molecule has 0 aliphatic carbocycles. The summed E-state index contributed by atoms with van der Waals surface area (Å²) in [5.41, 5.74) is 4.20. The Balaban J connectivity index is 1.95. The van der Waals surface area contributed by atoms with E-state index in [1.165, 1.54) is 12.1 Å². The number of aromatic nitrogens is 2. The van der Waals surface area contributed by atoms with E-state index < -0.39 is 10.0 Å². The maximum atomic E-state index is 11.1. The average molecular weight is 294 g/mol. The highest BCUT2D eigenvalue weighted by Crippen LogP contribution is 2.11. The van der Waals surface area contributed by atoms with Gasteiger partial charge in [-0.15, -0.1) is 0 Å². The van der Waals surface area contributed by atoms with Crippen LogP contribution in [0.4, 0.5) is 0 Å². The number of H-pyrrole nitrogens is 1. The number of primary sulfonamides is 1. The number of hydrogen-bond donors (Lipinski definition) is 3. The van der Waals surface area contributed by atoms with E-state index in [1.54, 1.807) is 12.1 Å². The molecule has 7 heteroatoms. The van der Waals surface area contributed by atoms with Crippen molar-refractivity contribution in [2.45, 2.75) is 31.8 Å². The van der Waals surface area contributed by atoms with Crippen molar-refractivity contribution in [1.29, 1.82) is 0 Å². The predicted octanol–water partition coefficient (Wildman–Crippen LogP) is 0.964. The van der Waals surface area contributed by atoms with Crippen LogP contribution >= 0.6 is 0 Å². The second kappa shape index (κ2) is 5.74. The molecule has 20 heavy (non-hydrogen) atoms. The van der Waals surface area contributed by atoms with Gasteiger partial charge in [-0.2, -0.15) is 5.10 Å². The smallest absolute Gasteiger partial charge is 0.238 e. The SMILES string of the molecule is Cc1n[nH]c(C)c1CNCc1ccc(S(N)(=O)=O)cc1. The fourth-order valence-corrected chi connectivity index (χ4v) is 2.48. The van der Waals surface area contributed by atoms with E-state index >= 15 is 0 Å². The molecule has 6 nitrogen and oxygen atoms in total. The van der Waals surface area contributed by atoms with Crippen LogP contribution in [-0.2, 0) is 23.1 Å². The molecule has 108 valence electrons. The lowest BCUT2D eigenvalue weighted by molar-refractivity contribution is 0.597. The summed E-state index contributed by atoms with van der Waals surface area (Å²) in [5.74, 6) is 0. The van der Waals surface area contributed by atoms with Crippen molar-refractivity contribution >= 4 is 10.0 Å². The summed E-state index contributed by atoms with van der Waals surface area (Å²) in [6.07, 6.45) is 0. The zero-order valence-corrected chi connectivity index (χ0v) is 12.3. The average Bonchev–Trinajstić information content (AvgIpc) is 2.70. The number of sulfonamides is 1. The molecule has 0 saturated heterocycles. The number of aromatic amines is 1. The molecule has 0 spiro atoms. The lowest BCUT2D eigenvalue weighted by Crippen LogP contribution is -2.15. The molecule has 0 aliphatic rings. The third kappa shape index (κ3) is 3.44. The fourth-order valence-electron chi connectivity index (χ4n) is 1.96. The number of benzene rings is 1. The number of rotatable bonds is 5. The van der Waals surface area contributed by atoms with Crippen molar-refractivity contribution in [3.63, 3.8) is 0 Å². The zero-order valence-electron chi connectivity index (χ0n) is 11.5. The molecule has 0 unspecified atom stereocenters. The summed E-state index contributed by atoms with van der Waals surface area (Å²) in [6, 6.07) is 6.53. The van der Waals surface area contributed by atoms with E-state index in [0.717, 1.165) is 22.5 Å². The highest BCUT2D eigenvalue weighted by Gasteiger charge is 2.07. The molecule has 0 amide bonds. The molecule has 0 aliphatic heterocycles. The van der Waals surface area contributed by atoms with E-state index in [4.69, 9.17) is 5.14 Å². The first-order chi connectivity index (χ1) is 9.38. The van der Waals surface area contributed by atoms with Crippen LogP contribution in [0.1, 0.15) is 22.5 Å². The molecule has 0 saturated carbocycles. The Kier molecular flexibility index (Phi) is 4.22. The minimum atomic E-state index is -3.62. The van der Waals surface area contributed by atoms with Crippen molar-refractivity contribution in [2.75, 3.05) is 0 Å². The number of nitrogens with two attached hydrogens (primary N) is 1. The lowest BCUT2D eigenvalue weighted by Gasteiger charge is -2.06. The first kappa shape index (κ1) is 14.7. The standard InChI is InChI=1S/C13H18N4O2S/c1-9-13(10(2)17-16-9)8-15-7-11-3-5-12(6-4-11)20(14,18)19/h3-6,15H,7-8H2,1-2H3,(H,16,17)(H2,14,18,19). The maximum Gasteiger partial charge on any atom is 0.238 e. The van der Waals surface area contributed by atoms with Gasteiger partial charge in [0.05, 0.1) is 10.6 Å². The normalized spacial score (nSPS) is 11.8. The minimum absolute atomic E-state index is 0.128. The quantitative estimate of drug-likeness (QED) is 0.764. The van der Waals surface area contributed by atoms with Gasteiger partial charge in [0, 0.05) is 24.3 Å². The van der Waals surface area contributed by atoms with Gasteiger partial charge in [0.25, 0.3) is 0 Å². The monoisotopic (exact) mass is 294 g/mol. The third-order valence-electron chi connectivity index (χ3n) is 3.16. The summed E-state index contributed by atoms with van der Waals surface area (Å²) < 4.78 is 22.3. The molecule has 0 bridgehead atoms. The first-order valence-electron chi connectivity index (χ1n) is 6.21. The molecule has 1 heterocycles. The van der Waals surface area contributed by atoms with Gasteiger partial charge >= 0.3 is 0 Å². The van der Waals surface area contributed by atoms with E-state index in [-0.39, 0.29) is 4.90 Å². The Morgan fingerprint density at radius 2 is 1.85 bits per heavy atom. The van der Waals surface area contributed by atoms with Crippen LogP contribution < -0.4 is 10.5 Å². The zero-order chi connectivity index (χ0) is 14.8. The fraction of sp³-hybridized carbons (Fsp3) is 0.308. The van der Waals surface area contributed by atoms with Crippen molar-refractivity contribution < 1.29 is 8.42 Å². The Bertz CT molecular complexity index is 670. The largest absolute Gasteiger partial charge is 0.308 e. The summed E-state index contributed by atoms with van der Waals surface area (Å²) in [6.45, 7) is 5.30. The Morgan fingerprint density at radius 3 is 2.35 bits per heavy atom. The third-order valence-corrected chi connectivity index (χ3v) is 4.09. The van der Waals surface area contributed by atoms with Gasteiger partial charge in [0.15, 0.2) is 0 Å². The van der Waals surface area contributed by atoms with Crippen LogP contribution in [-0.4, -0.2) is 18.6 Å². The van der Waals surface area contributed by atoms with E-state index in [0.29, 0.717) is 13.1 Å². The predicted molar refractivity (Wildman–Crippen MR) is 76.4 cm³/mol. The first-order valence-corrected chi connectivity index (χ1v) is 7.75. The lowest BCUT2D eigenvalue weighted by atomic mass is 10.2. The van der Waals surface area contributed by atoms with Gasteiger partial charge in [0.1, 0.15) is 0 Å². The second-order valence-corrected chi connectivity index (χ2v) is 6.27. The van der Waals surface area contributed by atoms with Crippen LogP contribution in [0.3, 0.4) is 0 Å². The molecule has 0 atom stereocenters. The molecule has 1 aromatic heterocycles. The molecular formula is C13H18N4O2S.